The molecule has 0 saturated heterocycles. The van der Waals surface area contributed by atoms with Crippen molar-refractivity contribution in [2.45, 2.75) is 44.7 Å². The number of nitrogens with zero attached hydrogens (tertiary/aromatic N) is 3. The number of rotatable bonds is 5. The van der Waals surface area contributed by atoms with Crippen LogP contribution in [0.4, 0.5) is 20.5 Å². The molecule has 1 heterocycles. The van der Waals surface area contributed by atoms with E-state index >= 15 is 0 Å². The standard InChI is InChI=1S/C20H25F2N5O/c1-12-11-23-20(26-18(12)27(2)3)25-15-7-5-14(6-8-15)24-19(28)16-10-13(21)4-9-17(16)22/h4,9-11,14-15H,5-8H2,1-3H3,(H,24,28)(H,23,25,26)/t14-,15+. The Labute approximate surface area is 163 Å². The second kappa shape index (κ2) is 8.50. The molecule has 1 amide bonds. The van der Waals surface area contributed by atoms with E-state index in [0.717, 1.165) is 55.3 Å². The van der Waals surface area contributed by atoms with Crippen LogP contribution in [0.25, 0.3) is 0 Å². The number of halogens is 2. The molecule has 0 radical (unpaired) electrons. The van der Waals surface area contributed by atoms with Crippen molar-refractivity contribution < 1.29 is 13.6 Å². The average molecular weight is 389 g/mol. The molecular formula is C20H25F2N5O. The van der Waals surface area contributed by atoms with Gasteiger partial charge in [0.15, 0.2) is 0 Å². The summed E-state index contributed by atoms with van der Waals surface area (Å²) >= 11 is 0. The summed E-state index contributed by atoms with van der Waals surface area (Å²) in [5.74, 6) is -0.470. The predicted octanol–water partition coefficient (Wildman–Crippen LogP) is 3.28. The molecule has 1 aliphatic rings. The van der Waals surface area contributed by atoms with E-state index in [4.69, 9.17) is 0 Å². The predicted molar refractivity (Wildman–Crippen MR) is 105 cm³/mol. The van der Waals surface area contributed by atoms with Gasteiger partial charge in [-0.05, 0) is 50.8 Å². The molecule has 2 N–H and O–H groups in total. The van der Waals surface area contributed by atoms with E-state index < -0.39 is 17.5 Å². The highest BCUT2D eigenvalue weighted by Crippen LogP contribution is 2.23. The van der Waals surface area contributed by atoms with E-state index in [0.29, 0.717) is 5.95 Å². The number of aromatic nitrogens is 2. The molecule has 8 heteroatoms. The summed E-state index contributed by atoms with van der Waals surface area (Å²) < 4.78 is 27.0. The molecule has 0 aliphatic heterocycles. The van der Waals surface area contributed by atoms with Gasteiger partial charge < -0.3 is 15.5 Å². The molecule has 150 valence electrons. The third-order valence-electron chi connectivity index (χ3n) is 4.94. The number of hydrogen-bond donors (Lipinski definition) is 2. The lowest BCUT2D eigenvalue weighted by Gasteiger charge is -2.30. The molecule has 0 bridgehead atoms. The Bertz CT molecular complexity index is 850. The number of aryl methyl sites for hydroxylation is 1. The quantitative estimate of drug-likeness (QED) is 0.821. The monoisotopic (exact) mass is 389 g/mol. The first-order chi connectivity index (χ1) is 13.3. The largest absolute Gasteiger partial charge is 0.362 e. The van der Waals surface area contributed by atoms with Crippen LogP contribution in [0.15, 0.2) is 24.4 Å². The summed E-state index contributed by atoms with van der Waals surface area (Å²) in [7, 11) is 3.88. The maximum atomic E-state index is 13.7. The third kappa shape index (κ3) is 4.74. The van der Waals surface area contributed by atoms with Gasteiger partial charge in [0.05, 0.1) is 5.56 Å². The van der Waals surface area contributed by atoms with E-state index in [9.17, 15) is 13.6 Å². The minimum absolute atomic E-state index is 0.0653. The van der Waals surface area contributed by atoms with Crippen molar-refractivity contribution >= 4 is 17.7 Å². The topological polar surface area (TPSA) is 70.1 Å². The zero-order valence-corrected chi connectivity index (χ0v) is 16.3. The maximum Gasteiger partial charge on any atom is 0.254 e. The Morgan fingerprint density at radius 3 is 2.50 bits per heavy atom. The number of carbonyl (C=O) groups is 1. The minimum Gasteiger partial charge on any atom is -0.362 e. The van der Waals surface area contributed by atoms with Gasteiger partial charge in [-0.1, -0.05) is 0 Å². The lowest BCUT2D eigenvalue weighted by Crippen LogP contribution is -2.40. The highest BCUT2D eigenvalue weighted by Gasteiger charge is 2.24. The van der Waals surface area contributed by atoms with Crippen LogP contribution in [0.1, 0.15) is 41.6 Å². The highest BCUT2D eigenvalue weighted by atomic mass is 19.1. The number of benzene rings is 1. The van der Waals surface area contributed by atoms with Gasteiger partial charge >= 0.3 is 0 Å². The summed E-state index contributed by atoms with van der Waals surface area (Å²) in [6, 6.07) is 3.03. The minimum atomic E-state index is -0.720. The second-order valence-corrected chi connectivity index (χ2v) is 7.39. The Morgan fingerprint density at radius 2 is 1.82 bits per heavy atom. The Balaban J connectivity index is 1.54. The molecule has 0 unspecified atom stereocenters. The van der Waals surface area contributed by atoms with Gasteiger partial charge in [-0.15, -0.1) is 0 Å². The number of carbonyl (C=O) groups excluding carboxylic acids is 1. The summed E-state index contributed by atoms with van der Waals surface area (Å²) in [5.41, 5.74) is 0.746. The number of amides is 1. The molecule has 1 aromatic heterocycles. The second-order valence-electron chi connectivity index (χ2n) is 7.39. The fourth-order valence-electron chi connectivity index (χ4n) is 3.45. The first-order valence-corrected chi connectivity index (χ1v) is 9.37. The van der Waals surface area contributed by atoms with E-state index in [-0.39, 0.29) is 17.6 Å². The van der Waals surface area contributed by atoms with Crippen molar-refractivity contribution in [3.63, 3.8) is 0 Å². The summed E-state index contributed by atoms with van der Waals surface area (Å²) in [6.07, 6.45) is 4.93. The lowest BCUT2D eigenvalue weighted by molar-refractivity contribution is 0.0922. The van der Waals surface area contributed by atoms with Crippen LogP contribution in [0.2, 0.25) is 0 Å². The molecule has 0 atom stereocenters. The smallest absolute Gasteiger partial charge is 0.254 e. The van der Waals surface area contributed by atoms with Gasteiger partial charge in [-0.2, -0.15) is 4.98 Å². The lowest BCUT2D eigenvalue weighted by atomic mass is 9.91. The van der Waals surface area contributed by atoms with Gasteiger partial charge in [0.25, 0.3) is 5.91 Å². The third-order valence-corrected chi connectivity index (χ3v) is 4.94. The van der Waals surface area contributed by atoms with Crippen molar-refractivity contribution in [2.75, 3.05) is 24.3 Å². The summed E-state index contributed by atoms with van der Waals surface area (Å²) in [6.45, 7) is 1.97. The molecule has 1 saturated carbocycles. The van der Waals surface area contributed by atoms with Crippen molar-refractivity contribution in [2.24, 2.45) is 0 Å². The summed E-state index contributed by atoms with van der Waals surface area (Å²) in [4.78, 5) is 23.1. The van der Waals surface area contributed by atoms with Gasteiger partial charge in [-0.25, -0.2) is 13.8 Å². The van der Waals surface area contributed by atoms with Crippen molar-refractivity contribution in [3.05, 3.63) is 47.2 Å². The fraction of sp³-hybridized carbons (Fsp3) is 0.450. The van der Waals surface area contributed by atoms with E-state index in [1.807, 2.05) is 25.9 Å². The number of nitrogens with one attached hydrogen (secondary N) is 2. The van der Waals surface area contributed by atoms with Crippen LogP contribution in [-0.4, -0.2) is 42.1 Å². The molecule has 3 rings (SSSR count). The normalized spacial score (nSPS) is 19.2. The van der Waals surface area contributed by atoms with Crippen LogP contribution < -0.4 is 15.5 Å². The van der Waals surface area contributed by atoms with Crippen molar-refractivity contribution in [1.82, 2.24) is 15.3 Å². The molecule has 1 fully saturated rings. The van der Waals surface area contributed by atoms with E-state index in [1.165, 1.54) is 0 Å². The van der Waals surface area contributed by atoms with Gasteiger partial charge in [-0.3, -0.25) is 4.79 Å². The molecule has 2 aromatic rings. The highest BCUT2D eigenvalue weighted by molar-refractivity contribution is 5.94. The molecule has 1 aliphatic carbocycles. The van der Waals surface area contributed by atoms with E-state index in [1.54, 1.807) is 6.20 Å². The Kier molecular flexibility index (Phi) is 6.06. The van der Waals surface area contributed by atoms with Gasteiger partial charge in [0.1, 0.15) is 17.5 Å². The molecule has 1 aromatic carbocycles. The van der Waals surface area contributed by atoms with Gasteiger partial charge in [0, 0.05) is 37.9 Å². The van der Waals surface area contributed by atoms with Crippen LogP contribution in [0, 0.1) is 18.6 Å². The van der Waals surface area contributed by atoms with Crippen LogP contribution in [-0.2, 0) is 0 Å². The zero-order valence-electron chi connectivity index (χ0n) is 16.3. The molecular weight excluding hydrogens is 364 g/mol. The Morgan fingerprint density at radius 1 is 1.14 bits per heavy atom. The van der Waals surface area contributed by atoms with Crippen molar-refractivity contribution in [1.29, 1.82) is 0 Å². The molecule has 6 nitrogen and oxygen atoms in total. The van der Waals surface area contributed by atoms with Gasteiger partial charge in [0.2, 0.25) is 5.95 Å². The Hall–Kier alpha value is -2.77. The fourth-order valence-corrected chi connectivity index (χ4v) is 3.45. The first-order valence-electron chi connectivity index (χ1n) is 9.37. The molecule has 0 spiro atoms. The van der Waals surface area contributed by atoms with E-state index in [2.05, 4.69) is 20.6 Å². The van der Waals surface area contributed by atoms with Crippen LogP contribution >= 0.6 is 0 Å². The maximum absolute atomic E-state index is 13.7. The first kappa shape index (κ1) is 20.0. The SMILES string of the molecule is Cc1cnc(N[C@H]2CC[C@@H](NC(=O)c3cc(F)ccc3F)CC2)nc1N(C)C. The van der Waals surface area contributed by atoms with Crippen molar-refractivity contribution in [3.8, 4) is 0 Å². The number of hydrogen-bond acceptors (Lipinski definition) is 5. The molecule has 28 heavy (non-hydrogen) atoms. The van der Waals surface area contributed by atoms with Crippen LogP contribution in [0.5, 0.6) is 0 Å². The zero-order chi connectivity index (χ0) is 20.3. The average Bonchev–Trinajstić information content (AvgIpc) is 2.66. The number of anilines is 2. The van der Waals surface area contributed by atoms with Crippen LogP contribution in [0.3, 0.4) is 0 Å². The summed E-state index contributed by atoms with van der Waals surface area (Å²) in [5, 5.41) is 6.16.